The van der Waals surface area contributed by atoms with Gasteiger partial charge in [0.15, 0.2) is 0 Å². The molecule has 0 bridgehead atoms. The number of nitrogens with zero attached hydrogens (tertiary/aromatic N) is 1. The minimum atomic E-state index is 0.725. The molecule has 0 spiro atoms. The summed E-state index contributed by atoms with van der Waals surface area (Å²) in [5.74, 6) is 0. The summed E-state index contributed by atoms with van der Waals surface area (Å²) in [7, 11) is 0. The SMILES string of the molecule is O=C=NC1=C(Cl)CCCC1. The quantitative estimate of drug-likeness (QED) is 0.424. The number of isocyanates is 1. The third-order valence-electron chi connectivity index (χ3n) is 1.55. The Kier molecular flexibility index (Phi) is 2.67. The van der Waals surface area contributed by atoms with Crippen LogP contribution >= 0.6 is 11.6 Å². The molecule has 0 atom stereocenters. The summed E-state index contributed by atoms with van der Waals surface area (Å²) in [6, 6.07) is 0. The average molecular weight is 158 g/mol. The summed E-state index contributed by atoms with van der Waals surface area (Å²) in [6.45, 7) is 0. The van der Waals surface area contributed by atoms with E-state index in [1.807, 2.05) is 0 Å². The Morgan fingerprint density at radius 1 is 1.40 bits per heavy atom. The van der Waals surface area contributed by atoms with Crippen LogP contribution in [0.1, 0.15) is 25.7 Å². The largest absolute Gasteiger partial charge is 0.240 e. The fourth-order valence-electron chi connectivity index (χ4n) is 1.02. The second-order valence-electron chi connectivity index (χ2n) is 2.26. The average Bonchev–Trinajstić information content (AvgIpc) is 1.94. The van der Waals surface area contributed by atoms with Crippen molar-refractivity contribution < 1.29 is 4.79 Å². The lowest BCUT2D eigenvalue weighted by Gasteiger charge is -2.09. The van der Waals surface area contributed by atoms with Gasteiger partial charge in [0.25, 0.3) is 0 Å². The molecule has 0 aliphatic heterocycles. The van der Waals surface area contributed by atoms with Gasteiger partial charge in [-0.25, -0.2) is 4.79 Å². The topological polar surface area (TPSA) is 29.4 Å². The van der Waals surface area contributed by atoms with Crippen LogP contribution in [0.5, 0.6) is 0 Å². The number of aliphatic imine (C=N–C) groups is 1. The van der Waals surface area contributed by atoms with E-state index in [0.29, 0.717) is 0 Å². The van der Waals surface area contributed by atoms with Gasteiger partial charge in [-0.05, 0) is 25.7 Å². The lowest BCUT2D eigenvalue weighted by molar-refractivity contribution is 0.563. The van der Waals surface area contributed by atoms with E-state index >= 15 is 0 Å². The van der Waals surface area contributed by atoms with Gasteiger partial charge in [-0.2, -0.15) is 4.99 Å². The second-order valence-corrected chi connectivity index (χ2v) is 2.72. The summed E-state index contributed by atoms with van der Waals surface area (Å²) in [5, 5.41) is 0.731. The zero-order valence-corrected chi connectivity index (χ0v) is 6.32. The van der Waals surface area contributed by atoms with E-state index in [1.165, 1.54) is 6.08 Å². The van der Waals surface area contributed by atoms with Crippen LogP contribution < -0.4 is 0 Å². The molecule has 0 unspecified atom stereocenters. The Morgan fingerprint density at radius 3 is 2.70 bits per heavy atom. The zero-order valence-electron chi connectivity index (χ0n) is 5.56. The van der Waals surface area contributed by atoms with E-state index in [9.17, 15) is 4.79 Å². The third-order valence-corrected chi connectivity index (χ3v) is 1.96. The smallest absolute Gasteiger partial charge is 0.211 e. The van der Waals surface area contributed by atoms with Crippen LogP contribution in [0.25, 0.3) is 0 Å². The number of halogens is 1. The van der Waals surface area contributed by atoms with Crippen LogP contribution in [0.15, 0.2) is 15.7 Å². The van der Waals surface area contributed by atoms with E-state index in [0.717, 1.165) is 36.4 Å². The normalized spacial score (nSPS) is 18.5. The molecule has 0 saturated heterocycles. The Bertz CT molecular complexity index is 204. The molecule has 1 aliphatic carbocycles. The van der Waals surface area contributed by atoms with E-state index in [-0.39, 0.29) is 0 Å². The lowest BCUT2D eigenvalue weighted by Crippen LogP contribution is -1.92. The number of hydrogen-bond donors (Lipinski definition) is 0. The minimum Gasteiger partial charge on any atom is -0.211 e. The predicted octanol–water partition coefficient (Wildman–Crippen LogP) is 2.35. The molecule has 0 fully saturated rings. The monoisotopic (exact) mass is 157 g/mol. The van der Waals surface area contributed by atoms with Crippen molar-refractivity contribution in [2.75, 3.05) is 0 Å². The van der Waals surface area contributed by atoms with Gasteiger partial charge in [-0.1, -0.05) is 11.6 Å². The maximum atomic E-state index is 9.83. The standard InChI is InChI=1S/C7H8ClNO/c8-6-3-1-2-4-7(6)9-5-10/h1-4H2. The van der Waals surface area contributed by atoms with Crippen LogP contribution in [-0.4, -0.2) is 6.08 Å². The van der Waals surface area contributed by atoms with Crippen molar-refractivity contribution in [2.45, 2.75) is 25.7 Å². The molecule has 0 heterocycles. The van der Waals surface area contributed by atoms with Gasteiger partial charge < -0.3 is 0 Å². The highest BCUT2D eigenvalue weighted by Gasteiger charge is 2.09. The first-order valence-corrected chi connectivity index (χ1v) is 3.68. The Balaban J connectivity index is 2.77. The first-order valence-electron chi connectivity index (χ1n) is 3.30. The fraction of sp³-hybridized carbons (Fsp3) is 0.571. The van der Waals surface area contributed by atoms with Crippen molar-refractivity contribution in [1.82, 2.24) is 0 Å². The van der Waals surface area contributed by atoms with Crippen LogP contribution in [0.3, 0.4) is 0 Å². The second kappa shape index (κ2) is 3.55. The minimum absolute atomic E-state index is 0.725. The molecular weight excluding hydrogens is 150 g/mol. The van der Waals surface area contributed by atoms with Gasteiger partial charge in [-0.15, -0.1) is 0 Å². The molecular formula is C7H8ClNO. The molecule has 0 aromatic carbocycles. The van der Waals surface area contributed by atoms with Crippen molar-refractivity contribution in [2.24, 2.45) is 4.99 Å². The molecule has 0 amide bonds. The van der Waals surface area contributed by atoms with Crippen molar-refractivity contribution >= 4 is 17.7 Å². The maximum Gasteiger partial charge on any atom is 0.240 e. The fourth-order valence-corrected chi connectivity index (χ4v) is 1.29. The molecule has 0 N–H and O–H groups in total. The summed E-state index contributed by atoms with van der Waals surface area (Å²) >= 11 is 5.77. The molecule has 0 aromatic heterocycles. The Morgan fingerprint density at radius 2 is 2.10 bits per heavy atom. The van der Waals surface area contributed by atoms with Gasteiger partial charge in [-0.3, -0.25) is 0 Å². The summed E-state index contributed by atoms with van der Waals surface area (Å²) in [5.41, 5.74) is 0.725. The van der Waals surface area contributed by atoms with Crippen molar-refractivity contribution in [1.29, 1.82) is 0 Å². The number of allylic oxidation sites excluding steroid dienone is 2. The molecule has 3 heteroatoms. The number of carbonyl (C=O) groups excluding carboxylic acids is 1. The lowest BCUT2D eigenvalue weighted by atomic mass is 10.1. The van der Waals surface area contributed by atoms with E-state index in [2.05, 4.69) is 4.99 Å². The van der Waals surface area contributed by atoms with Crippen LogP contribution in [0.2, 0.25) is 0 Å². The first-order chi connectivity index (χ1) is 4.84. The predicted molar refractivity (Wildman–Crippen MR) is 39.5 cm³/mol. The molecule has 1 rings (SSSR count). The van der Waals surface area contributed by atoms with Crippen molar-refractivity contribution in [3.63, 3.8) is 0 Å². The van der Waals surface area contributed by atoms with E-state index in [4.69, 9.17) is 11.6 Å². The molecule has 0 aromatic rings. The summed E-state index contributed by atoms with van der Waals surface area (Å²) in [4.78, 5) is 13.3. The van der Waals surface area contributed by atoms with Crippen LogP contribution in [-0.2, 0) is 4.79 Å². The first kappa shape index (κ1) is 7.52. The molecule has 2 nitrogen and oxygen atoms in total. The van der Waals surface area contributed by atoms with Gasteiger partial charge in [0.1, 0.15) is 0 Å². The Hall–Kier alpha value is -0.590. The molecule has 54 valence electrons. The highest BCUT2D eigenvalue weighted by atomic mass is 35.5. The Labute approximate surface area is 64.6 Å². The van der Waals surface area contributed by atoms with E-state index in [1.54, 1.807) is 0 Å². The maximum absolute atomic E-state index is 9.83. The van der Waals surface area contributed by atoms with Gasteiger partial charge >= 0.3 is 0 Å². The van der Waals surface area contributed by atoms with Gasteiger partial charge in [0, 0.05) is 5.03 Å². The number of hydrogen-bond acceptors (Lipinski definition) is 2. The highest BCUT2D eigenvalue weighted by molar-refractivity contribution is 6.30. The molecule has 0 saturated carbocycles. The van der Waals surface area contributed by atoms with E-state index < -0.39 is 0 Å². The van der Waals surface area contributed by atoms with Crippen LogP contribution in [0.4, 0.5) is 0 Å². The van der Waals surface area contributed by atoms with Crippen molar-refractivity contribution in [3.8, 4) is 0 Å². The summed E-state index contributed by atoms with van der Waals surface area (Å²) in [6.07, 6.45) is 5.38. The molecule has 1 aliphatic rings. The zero-order chi connectivity index (χ0) is 7.40. The van der Waals surface area contributed by atoms with Crippen LogP contribution in [0, 0.1) is 0 Å². The third kappa shape index (κ3) is 1.69. The molecule has 0 radical (unpaired) electrons. The highest BCUT2D eigenvalue weighted by Crippen LogP contribution is 2.27. The molecule has 10 heavy (non-hydrogen) atoms. The van der Waals surface area contributed by atoms with Gasteiger partial charge in [0.05, 0.1) is 5.70 Å². The number of rotatable bonds is 1. The van der Waals surface area contributed by atoms with Crippen molar-refractivity contribution in [3.05, 3.63) is 10.7 Å². The van der Waals surface area contributed by atoms with Gasteiger partial charge in [0.2, 0.25) is 6.08 Å². The summed E-state index contributed by atoms with van der Waals surface area (Å²) < 4.78 is 0.